The molecule has 1 atom stereocenters. The molecule has 0 spiro atoms. The maximum Gasteiger partial charge on any atom is 0.00200 e. The Morgan fingerprint density at radius 1 is 1.14 bits per heavy atom. The summed E-state index contributed by atoms with van der Waals surface area (Å²) in [7, 11) is 0. The van der Waals surface area contributed by atoms with E-state index >= 15 is 0 Å². The number of nitrogens with one attached hydrogen (secondary N) is 1. The van der Waals surface area contributed by atoms with Gasteiger partial charge >= 0.3 is 0 Å². The quantitative estimate of drug-likeness (QED) is 0.681. The van der Waals surface area contributed by atoms with Crippen LogP contribution in [0.3, 0.4) is 0 Å². The summed E-state index contributed by atoms with van der Waals surface area (Å²) in [5.41, 5.74) is 1.46. The zero-order valence-corrected chi connectivity index (χ0v) is 9.29. The molecule has 14 heavy (non-hydrogen) atoms. The highest BCUT2D eigenvalue weighted by Crippen LogP contribution is 2.17. The van der Waals surface area contributed by atoms with Crippen molar-refractivity contribution in [2.45, 2.75) is 32.6 Å². The summed E-state index contributed by atoms with van der Waals surface area (Å²) in [6.45, 7) is 6.69. The summed E-state index contributed by atoms with van der Waals surface area (Å²) >= 11 is 0. The molecule has 0 saturated carbocycles. The van der Waals surface area contributed by atoms with E-state index in [0.29, 0.717) is 5.92 Å². The van der Waals surface area contributed by atoms with Crippen molar-refractivity contribution in [2.24, 2.45) is 0 Å². The SMILES string of the molecule is CCCNCC(CC)c1ccccc1. The summed E-state index contributed by atoms with van der Waals surface area (Å²) in [6.07, 6.45) is 2.42. The largest absolute Gasteiger partial charge is 0.316 e. The second-order valence-corrected chi connectivity index (χ2v) is 3.72. The maximum absolute atomic E-state index is 3.48. The molecule has 1 unspecified atom stereocenters. The highest BCUT2D eigenvalue weighted by molar-refractivity contribution is 5.19. The lowest BCUT2D eigenvalue weighted by atomic mass is 9.96. The minimum Gasteiger partial charge on any atom is -0.316 e. The fraction of sp³-hybridized carbons (Fsp3) is 0.538. The van der Waals surface area contributed by atoms with E-state index < -0.39 is 0 Å². The van der Waals surface area contributed by atoms with Crippen LogP contribution in [0.25, 0.3) is 0 Å². The summed E-state index contributed by atoms with van der Waals surface area (Å²) < 4.78 is 0. The third-order valence-corrected chi connectivity index (χ3v) is 2.58. The van der Waals surface area contributed by atoms with Crippen LogP contribution in [-0.4, -0.2) is 13.1 Å². The molecule has 0 bridgehead atoms. The van der Waals surface area contributed by atoms with Gasteiger partial charge in [-0.15, -0.1) is 0 Å². The molecule has 0 aliphatic heterocycles. The van der Waals surface area contributed by atoms with Gasteiger partial charge in [0.2, 0.25) is 0 Å². The molecule has 0 fully saturated rings. The van der Waals surface area contributed by atoms with Gasteiger partial charge in [-0.25, -0.2) is 0 Å². The first kappa shape index (κ1) is 11.3. The molecule has 1 rings (SSSR count). The topological polar surface area (TPSA) is 12.0 Å². The molecule has 1 aromatic rings. The van der Waals surface area contributed by atoms with Crippen molar-refractivity contribution in [3.05, 3.63) is 35.9 Å². The Morgan fingerprint density at radius 2 is 1.86 bits per heavy atom. The van der Waals surface area contributed by atoms with Gasteiger partial charge in [-0.3, -0.25) is 0 Å². The van der Waals surface area contributed by atoms with Gasteiger partial charge in [0.15, 0.2) is 0 Å². The minimum atomic E-state index is 0.669. The average Bonchev–Trinajstić information content (AvgIpc) is 2.26. The fourth-order valence-corrected chi connectivity index (χ4v) is 1.68. The Balaban J connectivity index is 2.46. The Morgan fingerprint density at radius 3 is 2.43 bits per heavy atom. The van der Waals surface area contributed by atoms with E-state index in [1.807, 2.05) is 0 Å². The van der Waals surface area contributed by atoms with Crippen LogP contribution < -0.4 is 5.32 Å². The van der Waals surface area contributed by atoms with E-state index in [0.717, 1.165) is 13.1 Å². The van der Waals surface area contributed by atoms with Crippen LogP contribution >= 0.6 is 0 Å². The average molecular weight is 191 g/mol. The maximum atomic E-state index is 3.48. The third-order valence-electron chi connectivity index (χ3n) is 2.58. The molecule has 0 amide bonds. The molecule has 0 radical (unpaired) electrons. The minimum absolute atomic E-state index is 0.669. The van der Waals surface area contributed by atoms with Gasteiger partial charge in [0.05, 0.1) is 0 Å². The number of rotatable bonds is 6. The number of hydrogen-bond acceptors (Lipinski definition) is 1. The molecular formula is C13H21N. The lowest BCUT2D eigenvalue weighted by Crippen LogP contribution is -2.21. The van der Waals surface area contributed by atoms with Crippen molar-refractivity contribution >= 4 is 0 Å². The fourth-order valence-electron chi connectivity index (χ4n) is 1.68. The highest BCUT2D eigenvalue weighted by atomic mass is 14.8. The number of benzene rings is 1. The van der Waals surface area contributed by atoms with Crippen molar-refractivity contribution in [1.29, 1.82) is 0 Å². The van der Waals surface area contributed by atoms with E-state index in [2.05, 4.69) is 49.5 Å². The molecule has 1 aromatic carbocycles. The summed E-state index contributed by atoms with van der Waals surface area (Å²) in [5, 5.41) is 3.48. The molecule has 0 heterocycles. The predicted octanol–water partition coefficient (Wildman–Crippen LogP) is 3.18. The predicted molar refractivity (Wildman–Crippen MR) is 62.6 cm³/mol. The Bertz CT molecular complexity index is 230. The lowest BCUT2D eigenvalue weighted by Gasteiger charge is -2.15. The first-order valence-electron chi connectivity index (χ1n) is 5.64. The van der Waals surface area contributed by atoms with Crippen LogP contribution in [0.15, 0.2) is 30.3 Å². The molecule has 1 N–H and O–H groups in total. The molecule has 0 aliphatic carbocycles. The zero-order valence-electron chi connectivity index (χ0n) is 9.29. The van der Waals surface area contributed by atoms with E-state index in [1.165, 1.54) is 18.4 Å². The summed E-state index contributed by atoms with van der Waals surface area (Å²) in [6, 6.07) is 10.8. The van der Waals surface area contributed by atoms with Crippen molar-refractivity contribution < 1.29 is 0 Å². The van der Waals surface area contributed by atoms with Crippen LogP contribution in [0.5, 0.6) is 0 Å². The molecule has 0 aromatic heterocycles. The van der Waals surface area contributed by atoms with Gasteiger partial charge in [0.1, 0.15) is 0 Å². The smallest absolute Gasteiger partial charge is 0.00200 e. The normalized spacial score (nSPS) is 12.7. The second-order valence-electron chi connectivity index (χ2n) is 3.72. The van der Waals surface area contributed by atoms with Gasteiger partial charge in [0.25, 0.3) is 0 Å². The van der Waals surface area contributed by atoms with Gasteiger partial charge < -0.3 is 5.32 Å². The van der Waals surface area contributed by atoms with Crippen LogP contribution in [0.4, 0.5) is 0 Å². The Labute approximate surface area is 87.5 Å². The Hall–Kier alpha value is -0.820. The lowest BCUT2D eigenvalue weighted by molar-refractivity contribution is 0.567. The first-order valence-corrected chi connectivity index (χ1v) is 5.64. The summed E-state index contributed by atoms with van der Waals surface area (Å²) in [4.78, 5) is 0. The van der Waals surface area contributed by atoms with Crippen molar-refractivity contribution in [3.63, 3.8) is 0 Å². The molecular weight excluding hydrogens is 170 g/mol. The molecule has 1 nitrogen and oxygen atoms in total. The van der Waals surface area contributed by atoms with E-state index in [4.69, 9.17) is 0 Å². The molecule has 78 valence electrons. The third kappa shape index (κ3) is 3.51. The van der Waals surface area contributed by atoms with Gasteiger partial charge in [-0.05, 0) is 30.9 Å². The number of hydrogen-bond donors (Lipinski definition) is 1. The zero-order chi connectivity index (χ0) is 10.2. The molecule has 0 saturated heterocycles. The van der Waals surface area contributed by atoms with E-state index in [1.54, 1.807) is 0 Å². The van der Waals surface area contributed by atoms with Gasteiger partial charge in [-0.2, -0.15) is 0 Å². The second kappa shape index (κ2) is 6.61. The van der Waals surface area contributed by atoms with Gasteiger partial charge in [0, 0.05) is 6.54 Å². The van der Waals surface area contributed by atoms with E-state index in [-0.39, 0.29) is 0 Å². The van der Waals surface area contributed by atoms with Crippen molar-refractivity contribution in [1.82, 2.24) is 5.32 Å². The summed E-state index contributed by atoms with van der Waals surface area (Å²) in [5.74, 6) is 0.669. The van der Waals surface area contributed by atoms with Crippen molar-refractivity contribution in [2.75, 3.05) is 13.1 Å². The molecule has 1 heteroatoms. The monoisotopic (exact) mass is 191 g/mol. The molecule has 0 aliphatic rings. The standard InChI is InChI=1S/C13H21N/c1-3-10-14-11-12(4-2)13-8-6-5-7-9-13/h5-9,12,14H,3-4,10-11H2,1-2H3. The van der Waals surface area contributed by atoms with Crippen molar-refractivity contribution in [3.8, 4) is 0 Å². The van der Waals surface area contributed by atoms with Crippen LogP contribution in [0.2, 0.25) is 0 Å². The van der Waals surface area contributed by atoms with E-state index in [9.17, 15) is 0 Å². The van der Waals surface area contributed by atoms with Crippen LogP contribution in [0.1, 0.15) is 38.2 Å². The highest BCUT2D eigenvalue weighted by Gasteiger charge is 2.07. The van der Waals surface area contributed by atoms with Crippen LogP contribution in [0, 0.1) is 0 Å². The van der Waals surface area contributed by atoms with Gasteiger partial charge in [-0.1, -0.05) is 44.2 Å². The Kier molecular flexibility index (Phi) is 5.31. The van der Waals surface area contributed by atoms with Crippen LogP contribution in [-0.2, 0) is 0 Å². The first-order chi connectivity index (χ1) is 6.88.